The normalized spacial score (nSPS) is 16.9. The summed E-state index contributed by atoms with van der Waals surface area (Å²) in [6, 6.07) is 3.25. The van der Waals surface area contributed by atoms with Gasteiger partial charge in [-0.15, -0.1) is 0 Å². The zero-order valence-corrected chi connectivity index (χ0v) is 14.3. The second-order valence-electron chi connectivity index (χ2n) is 5.38. The van der Waals surface area contributed by atoms with E-state index in [1.54, 1.807) is 30.3 Å². The first kappa shape index (κ1) is 16.3. The number of hydrogen-bond acceptors (Lipinski definition) is 5. The van der Waals surface area contributed by atoms with Gasteiger partial charge < -0.3 is 10.1 Å². The maximum absolute atomic E-state index is 11.7. The van der Waals surface area contributed by atoms with Gasteiger partial charge in [0.15, 0.2) is 0 Å². The molecule has 24 heavy (non-hydrogen) atoms. The minimum atomic E-state index is -0.490. The van der Waals surface area contributed by atoms with Gasteiger partial charge in [-0.1, -0.05) is 11.6 Å². The standard InChI is InChI=1S/C17H16ClN3O3/c1-10-4-14(17(22)23-2)19-8-13(10)15-5-11-7-20-16(18)6-12(11)9-21(15)24-3/h4-9,14H,1-3H3/p+1. The van der Waals surface area contributed by atoms with Gasteiger partial charge in [0.1, 0.15) is 18.3 Å². The van der Waals surface area contributed by atoms with Gasteiger partial charge in [0, 0.05) is 28.6 Å². The molecule has 0 saturated carbocycles. The van der Waals surface area contributed by atoms with Crippen LogP contribution in [-0.2, 0) is 9.53 Å². The van der Waals surface area contributed by atoms with Gasteiger partial charge in [0.05, 0.1) is 18.1 Å². The molecule has 1 aliphatic heterocycles. The summed E-state index contributed by atoms with van der Waals surface area (Å²) in [5.41, 5.74) is 2.68. The SMILES string of the molecule is COC(=O)C1C=C(C)C(c2cc3cnc(Cl)cc3c[n+]2OC)=CN1. The van der Waals surface area contributed by atoms with Crippen molar-refractivity contribution in [2.24, 2.45) is 0 Å². The van der Waals surface area contributed by atoms with Crippen molar-refractivity contribution < 1.29 is 19.1 Å². The second-order valence-corrected chi connectivity index (χ2v) is 5.77. The first-order valence-electron chi connectivity index (χ1n) is 7.32. The Morgan fingerprint density at radius 2 is 2.12 bits per heavy atom. The van der Waals surface area contributed by atoms with Crippen LogP contribution in [0.3, 0.4) is 0 Å². The number of fused-ring (bicyclic) bond motifs is 1. The van der Waals surface area contributed by atoms with Gasteiger partial charge in [-0.05, 0) is 24.6 Å². The van der Waals surface area contributed by atoms with Crippen molar-refractivity contribution in [2.45, 2.75) is 13.0 Å². The highest BCUT2D eigenvalue weighted by Gasteiger charge is 2.26. The van der Waals surface area contributed by atoms with Crippen molar-refractivity contribution in [3.8, 4) is 0 Å². The third kappa shape index (κ3) is 2.92. The molecule has 0 amide bonds. The van der Waals surface area contributed by atoms with E-state index in [1.165, 1.54) is 7.11 Å². The molecular formula is C17H17ClN3O3+. The quantitative estimate of drug-likeness (QED) is 0.520. The topological polar surface area (TPSA) is 64.3 Å². The van der Waals surface area contributed by atoms with E-state index in [2.05, 4.69) is 10.3 Å². The molecular weight excluding hydrogens is 330 g/mol. The minimum absolute atomic E-state index is 0.332. The first-order valence-corrected chi connectivity index (χ1v) is 7.70. The van der Waals surface area contributed by atoms with E-state index in [1.807, 2.05) is 25.3 Å². The predicted octanol–water partition coefficient (Wildman–Crippen LogP) is 1.67. The van der Waals surface area contributed by atoms with Crippen LogP contribution in [0.2, 0.25) is 5.15 Å². The lowest BCUT2D eigenvalue weighted by Crippen LogP contribution is -2.45. The Hall–Kier alpha value is -2.60. The highest BCUT2D eigenvalue weighted by molar-refractivity contribution is 6.30. The lowest BCUT2D eigenvalue weighted by molar-refractivity contribution is -0.886. The van der Waals surface area contributed by atoms with Crippen LogP contribution in [-0.4, -0.2) is 31.2 Å². The molecule has 2 aromatic rings. The molecule has 0 bridgehead atoms. The number of pyridine rings is 2. The van der Waals surface area contributed by atoms with Crippen LogP contribution >= 0.6 is 11.6 Å². The van der Waals surface area contributed by atoms with Crippen molar-refractivity contribution in [2.75, 3.05) is 14.2 Å². The number of methoxy groups -OCH3 is 1. The molecule has 3 rings (SSSR count). The average Bonchev–Trinajstić information content (AvgIpc) is 2.59. The van der Waals surface area contributed by atoms with Crippen molar-refractivity contribution in [1.29, 1.82) is 0 Å². The maximum atomic E-state index is 11.7. The number of ether oxygens (including phenoxy) is 1. The number of carbonyl (C=O) groups is 1. The molecule has 0 aromatic carbocycles. The summed E-state index contributed by atoms with van der Waals surface area (Å²) >= 11 is 5.95. The van der Waals surface area contributed by atoms with E-state index < -0.39 is 6.04 Å². The van der Waals surface area contributed by atoms with Crippen LogP contribution < -0.4 is 14.9 Å². The van der Waals surface area contributed by atoms with Crippen molar-refractivity contribution in [3.63, 3.8) is 0 Å². The van der Waals surface area contributed by atoms with E-state index in [0.29, 0.717) is 5.15 Å². The van der Waals surface area contributed by atoms with Crippen LogP contribution in [0.4, 0.5) is 0 Å². The second kappa shape index (κ2) is 6.49. The molecule has 7 heteroatoms. The van der Waals surface area contributed by atoms with Gasteiger partial charge in [0.25, 0.3) is 5.69 Å². The molecule has 0 radical (unpaired) electrons. The van der Waals surface area contributed by atoms with Crippen LogP contribution in [0.5, 0.6) is 0 Å². The zero-order valence-electron chi connectivity index (χ0n) is 13.5. The average molecular weight is 347 g/mol. The lowest BCUT2D eigenvalue weighted by Gasteiger charge is -2.19. The summed E-state index contributed by atoms with van der Waals surface area (Å²) in [6.07, 6.45) is 7.18. The van der Waals surface area contributed by atoms with E-state index in [0.717, 1.165) is 27.6 Å². The molecule has 3 heterocycles. The van der Waals surface area contributed by atoms with Gasteiger partial charge in [-0.25, -0.2) is 9.78 Å². The Bertz CT molecular complexity index is 877. The molecule has 1 unspecified atom stereocenters. The summed E-state index contributed by atoms with van der Waals surface area (Å²) in [6.45, 7) is 1.94. The summed E-state index contributed by atoms with van der Waals surface area (Å²) in [7, 11) is 2.96. The Kier molecular flexibility index (Phi) is 4.40. The number of carbonyl (C=O) groups excluding carboxylic acids is 1. The van der Waals surface area contributed by atoms with E-state index in [9.17, 15) is 4.79 Å². The van der Waals surface area contributed by atoms with Crippen LogP contribution in [0.15, 0.2) is 42.4 Å². The van der Waals surface area contributed by atoms with Crippen molar-refractivity contribution >= 4 is 33.9 Å². The summed E-state index contributed by atoms with van der Waals surface area (Å²) in [5, 5.41) is 5.32. The molecule has 0 fully saturated rings. The molecule has 2 aromatic heterocycles. The summed E-state index contributed by atoms with van der Waals surface area (Å²) in [4.78, 5) is 21.3. The minimum Gasteiger partial charge on any atom is -0.467 e. The third-order valence-corrected chi connectivity index (χ3v) is 4.10. The third-order valence-electron chi connectivity index (χ3n) is 3.90. The van der Waals surface area contributed by atoms with Crippen LogP contribution in [0, 0.1) is 0 Å². The number of esters is 1. The fourth-order valence-electron chi connectivity index (χ4n) is 2.66. The number of nitrogens with zero attached hydrogens (tertiary/aromatic N) is 2. The molecule has 1 atom stereocenters. The van der Waals surface area contributed by atoms with Crippen LogP contribution in [0.1, 0.15) is 12.6 Å². The molecule has 0 aliphatic carbocycles. The molecule has 124 valence electrons. The van der Waals surface area contributed by atoms with Gasteiger partial charge in [-0.3, -0.25) is 4.84 Å². The highest BCUT2D eigenvalue weighted by Crippen LogP contribution is 2.26. The number of hydrogen-bond donors (Lipinski definition) is 1. The van der Waals surface area contributed by atoms with Crippen LogP contribution in [0.25, 0.3) is 16.3 Å². The molecule has 1 N–H and O–H groups in total. The van der Waals surface area contributed by atoms with E-state index in [-0.39, 0.29) is 5.97 Å². The Balaban J connectivity index is 2.06. The number of halogens is 1. The lowest BCUT2D eigenvalue weighted by atomic mass is 9.98. The van der Waals surface area contributed by atoms with Crippen molar-refractivity contribution in [1.82, 2.24) is 10.3 Å². The maximum Gasteiger partial charge on any atom is 0.332 e. The number of dihydropyridines is 1. The molecule has 0 saturated heterocycles. The monoisotopic (exact) mass is 346 g/mol. The molecule has 6 nitrogen and oxygen atoms in total. The smallest absolute Gasteiger partial charge is 0.332 e. The van der Waals surface area contributed by atoms with Gasteiger partial charge >= 0.3 is 5.97 Å². The Morgan fingerprint density at radius 1 is 1.33 bits per heavy atom. The summed E-state index contributed by atoms with van der Waals surface area (Å²) < 4.78 is 6.42. The Morgan fingerprint density at radius 3 is 2.79 bits per heavy atom. The first-order chi connectivity index (χ1) is 11.5. The van der Waals surface area contributed by atoms with Gasteiger partial charge in [0.2, 0.25) is 6.20 Å². The number of allylic oxidation sites excluding steroid dienone is 2. The predicted molar refractivity (Wildman–Crippen MR) is 90.1 cm³/mol. The zero-order chi connectivity index (χ0) is 17.3. The fraction of sp³-hybridized carbons (Fsp3) is 0.235. The number of aromatic nitrogens is 2. The van der Waals surface area contributed by atoms with Crippen molar-refractivity contribution in [3.05, 3.63) is 53.2 Å². The van der Waals surface area contributed by atoms with E-state index in [4.69, 9.17) is 21.2 Å². The number of rotatable bonds is 3. The number of nitrogens with one attached hydrogen (secondary N) is 1. The largest absolute Gasteiger partial charge is 0.467 e. The highest BCUT2D eigenvalue weighted by atomic mass is 35.5. The molecule has 1 aliphatic rings. The Labute approximate surface area is 144 Å². The summed E-state index contributed by atoms with van der Waals surface area (Å²) in [5.74, 6) is -0.332. The molecule has 0 spiro atoms. The fourth-order valence-corrected chi connectivity index (χ4v) is 2.82. The van der Waals surface area contributed by atoms with Gasteiger partial charge in [-0.2, -0.15) is 0 Å². The van der Waals surface area contributed by atoms with E-state index >= 15 is 0 Å².